The number of benzene rings is 1. The van der Waals surface area contributed by atoms with E-state index in [9.17, 15) is 9.90 Å². The predicted octanol–water partition coefficient (Wildman–Crippen LogP) is 1.81. The van der Waals surface area contributed by atoms with E-state index in [0.29, 0.717) is 12.3 Å². The SMILES string of the molecule is CCN(C(=O)c1cccc(OC)c1O)C(C)CN(C)C. The van der Waals surface area contributed by atoms with Crippen molar-refractivity contribution in [2.45, 2.75) is 19.9 Å². The Morgan fingerprint density at radius 3 is 2.55 bits per heavy atom. The number of phenolic OH excluding ortho intramolecular Hbond substituents is 1. The fourth-order valence-electron chi connectivity index (χ4n) is 2.30. The summed E-state index contributed by atoms with van der Waals surface area (Å²) < 4.78 is 5.05. The molecule has 1 aromatic carbocycles. The van der Waals surface area contributed by atoms with Crippen molar-refractivity contribution >= 4 is 5.91 Å². The molecule has 0 aromatic heterocycles. The lowest BCUT2D eigenvalue weighted by Gasteiger charge is -2.30. The van der Waals surface area contributed by atoms with Gasteiger partial charge in [0.25, 0.3) is 5.91 Å². The van der Waals surface area contributed by atoms with Gasteiger partial charge in [-0.3, -0.25) is 4.79 Å². The molecule has 1 N–H and O–H groups in total. The predicted molar refractivity (Wildman–Crippen MR) is 79.4 cm³/mol. The highest BCUT2D eigenvalue weighted by atomic mass is 16.5. The minimum absolute atomic E-state index is 0.0631. The number of phenols is 1. The van der Waals surface area contributed by atoms with Gasteiger partial charge in [-0.1, -0.05) is 6.07 Å². The zero-order valence-electron chi connectivity index (χ0n) is 12.9. The summed E-state index contributed by atoms with van der Waals surface area (Å²) in [5.74, 6) is 0.0286. The maximum absolute atomic E-state index is 12.6. The van der Waals surface area contributed by atoms with Crippen molar-refractivity contribution in [1.29, 1.82) is 0 Å². The normalized spacial score (nSPS) is 12.3. The summed E-state index contributed by atoms with van der Waals surface area (Å²) in [7, 11) is 5.41. The molecule has 0 saturated carbocycles. The van der Waals surface area contributed by atoms with Gasteiger partial charge >= 0.3 is 0 Å². The van der Waals surface area contributed by atoms with Gasteiger partial charge in [0.2, 0.25) is 0 Å². The Morgan fingerprint density at radius 2 is 2.05 bits per heavy atom. The summed E-state index contributed by atoms with van der Waals surface area (Å²) in [4.78, 5) is 16.4. The molecular formula is C15H24N2O3. The number of methoxy groups -OCH3 is 1. The van der Waals surface area contributed by atoms with E-state index >= 15 is 0 Å². The summed E-state index contributed by atoms with van der Waals surface area (Å²) >= 11 is 0. The average molecular weight is 280 g/mol. The topological polar surface area (TPSA) is 53.0 Å². The molecule has 20 heavy (non-hydrogen) atoms. The largest absolute Gasteiger partial charge is 0.504 e. The minimum Gasteiger partial charge on any atom is -0.504 e. The van der Waals surface area contributed by atoms with E-state index in [2.05, 4.69) is 0 Å². The van der Waals surface area contributed by atoms with Gasteiger partial charge in [-0.25, -0.2) is 0 Å². The van der Waals surface area contributed by atoms with Crippen LogP contribution >= 0.6 is 0 Å². The standard InChI is InChI=1S/C15H24N2O3/c1-6-17(11(2)10-16(3)4)15(19)12-8-7-9-13(20-5)14(12)18/h7-9,11,18H,6,10H2,1-5H3. The maximum Gasteiger partial charge on any atom is 0.258 e. The molecule has 1 rings (SSSR count). The van der Waals surface area contributed by atoms with Gasteiger partial charge in [0.05, 0.1) is 12.7 Å². The van der Waals surface area contributed by atoms with Crippen molar-refractivity contribution in [1.82, 2.24) is 9.80 Å². The number of hydrogen-bond acceptors (Lipinski definition) is 4. The van der Waals surface area contributed by atoms with Crippen molar-refractivity contribution in [3.63, 3.8) is 0 Å². The minimum atomic E-state index is -0.182. The number of likely N-dealkylation sites (N-methyl/N-ethyl adjacent to an activating group) is 2. The second kappa shape index (κ2) is 7.14. The first-order valence-corrected chi connectivity index (χ1v) is 6.74. The van der Waals surface area contributed by atoms with Crippen LogP contribution in [0.4, 0.5) is 0 Å². The molecule has 0 saturated heterocycles. The Balaban J connectivity index is 3.02. The Kier molecular flexibility index (Phi) is 5.82. The molecule has 1 aromatic rings. The molecule has 0 aliphatic heterocycles. The first-order valence-electron chi connectivity index (χ1n) is 6.74. The molecule has 0 fully saturated rings. The summed E-state index contributed by atoms with van der Waals surface area (Å²) in [6, 6.07) is 5.01. The van der Waals surface area contributed by atoms with Gasteiger partial charge in [-0.15, -0.1) is 0 Å². The zero-order valence-corrected chi connectivity index (χ0v) is 12.9. The lowest BCUT2D eigenvalue weighted by atomic mass is 10.1. The molecule has 0 radical (unpaired) electrons. The molecule has 0 heterocycles. The van der Waals surface area contributed by atoms with Crippen LogP contribution in [-0.2, 0) is 0 Å². The van der Waals surface area contributed by atoms with E-state index in [1.165, 1.54) is 7.11 Å². The lowest BCUT2D eigenvalue weighted by Crippen LogP contribution is -2.43. The molecule has 1 atom stereocenters. The first kappa shape index (κ1) is 16.3. The third kappa shape index (κ3) is 3.63. The molecule has 0 aliphatic carbocycles. The summed E-state index contributed by atoms with van der Waals surface area (Å²) in [5, 5.41) is 10.1. The molecule has 5 heteroatoms. The smallest absolute Gasteiger partial charge is 0.258 e. The molecule has 5 nitrogen and oxygen atoms in total. The van der Waals surface area contributed by atoms with Crippen molar-refractivity contribution in [2.24, 2.45) is 0 Å². The number of para-hydroxylation sites is 1. The molecular weight excluding hydrogens is 256 g/mol. The third-order valence-electron chi connectivity index (χ3n) is 3.21. The molecule has 112 valence electrons. The van der Waals surface area contributed by atoms with E-state index in [4.69, 9.17) is 4.74 Å². The molecule has 1 amide bonds. The van der Waals surface area contributed by atoms with Crippen molar-refractivity contribution in [3.05, 3.63) is 23.8 Å². The van der Waals surface area contributed by atoms with E-state index in [1.807, 2.05) is 32.8 Å². The Labute approximate surface area is 120 Å². The van der Waals surface area contributed by atoms with Crippen LogP contribution in [-0.4, -0.2) is 61.2 Å². The summed E-state index contributed by atoms with van der Waals surface area (Å²) in [6.07, 6.45) is 0. The highest BCUT2D eigenvalue weighted by molar-refractivity contribution is 5.97. The van der Waals surface area contributed by atoms with Gasteiger partial charge in [0.15, 0.2) is 11.5 Å². The van der Waals surface area contributed by atoms with Crippen molar-refractivity contribution in [2.75, 3.05) is 34.3 Å². The highest BCUT2D eigenvalue weighted by Gasteiger charge is 2.24. The molecule has 0 aliphatic rings. The van der Waals surface area contributed by atoms with Crippen molar-refractivity contribution < 1.29 is 14.6 Å². The Morgan fingerprint density at radius 1 is 1.40 bits per heavy atom. The van der Waals surface area contributed by atoms with Crippen LogP contribution in [0.25, 0.3) is 0 Å². The maximum atomic E-state index is 12.6. The summed E-state index contributed by atoms with van der Waals surface area (Å²) in [6.45, 7) is 5.29. The van der Waals surface area contributed by atoms with Gasteiger partial charge in [0.1, 0.15) is 0 Å². The highest BCUT2D eigenvalue weighted by Crippen LogP contribution is 2.30. The molecule has 0 bridgehead atoms. The van der Waals surface area contributed by atoms with Crippen LogP contribution in [0.1, 0.15) is 24.2 Å². The number of amides is 1. The number of nitrogens with zero attached hydrogens (tertiary/aromatic N) is 2. The van der Waals surface area contributed by atoms with Gasteiger partial charge in [-0.05, 0) is 40.1 Å². The quantitative estimate of drug-likeness (QED) is 0.863. The number of carbonyl (C=O) groups is 1. The lowest BCUT2D eigenvalue weighted by molar-refractivity contribution is 0.0675. The second-order valence-corrected chi connectivity index (χ2v) is 5.06. The number of aromatic hydroxyl groups is 1. The zero-order chi connectivity index (χ0) is 15.3. The van der Waals surface area contributed by atoms with Crippen LogP contribution < -0.4 is 4.74 Å². The van der Waals surface area contributed by atoms with Crippen LogP contribution in [0.3, 0.4) is 0 Å². The number of rotatable bonds is 6. The third-order valence-corrected chi connectivity index (χ3v) is 3.21. The Hall–Kier alpha value is -1.75. The van der Waals surface area contributed by atoms with Gasteiger partial charge in [-0.2, -0.15) is 0 Å². The molecule has 1 unspecified atom stereocenters. The van der Waals surface area contributed by atoms with Crippen molar-refractivity contribution in [3.8, 4) is 11.5 Å². The van der Waals surface area contributed by atoms with E-state index < -0.39 is 0 Å². The van der Waals surface area contributed by atoms with E-state index in [1.54, 1.807) is 23.1 Å². The number of hydrogen-bond donors (Lipinski definition) is 1. The molecule has 0 spiro atoms. The van der Waals surface area contributed by atoms with E-state index in [0.717, 1.165) is 6.54 Å². The average Bonchev–Trinajstić information content (AvgIpc) is 2.38. The second-order valence-electron chi connectivity index (χ2n) is 5.06. The monoisotopic (exact) mass is 280 g/mol. The Bertz CT molecular complexity index is 460. The van der Waals surface area contributed by atoms with Crippen LogP contribution in [0.5, 0.6) is 11.5 Å². The van der Waals surface area contributed by atoms with E-state index in [-0.39, 0.29) is 23.3 Å². The van der Waals surface area contributed by atoms with Gasteiger partial charge in [0, 0.05) is 19.1 Å². The number of ether oxygens (including phenoxy) is 1. The van der Waals surface area contributed by atoms with Crippen LogP contribution in [0.15, 0.2) is 18.2 Å². The number of carbonyl (C=O) groups excluding carboxylic acids is 1. The fraction of sp³-hybridized carbons (Fsp3) is 0.533. The fourth-order valence-corrected chi connectivity index (χ4v) is 2.30. The van der Waals surface area contributed by atoms with Gasteiger partial charge < -0.3 is 19.6 Å². The summed E-state index contributed by atoms with van der Waals surface area (Å²) in [5.41, 5.74) is 0.275. The first-order chi connectivity index (χ1) is 9.42. The van der Waals surface area contributed by atoms with Crippen LogP contribution in [0, 0.1) is 0 Å². The van der Waals surface area contributed by atoms with Crippen LogP contribution in [0.2, 0.25) is 0 Å².